The molecule has 1 aromatic heterocycles. The summed E-state index contributed by atoms with van der Waals surface area (Å²) in [6.07, 6.45) is 1.71. The maximum Gasteiger partial charge on any atom is 0.255 e. The van der Waals surface area contributed by atoms with Gasteiger partial charge in [0, 0.05) is 24.3 Å². The summed E-state index contributed by atoms with van der Waals surface area (Å²) in [6.45, 7) is 2.59. The van der Waals surface area contributed by atoms with Crippen molar-refractivity contribution in [2.75, 3.05) is 32.1 Å². The number of amides is 1. The molecular weight excluding hydrogens is 316 g/mol. The molecule has 2 N–H and O–H groups in total. The van der Waals surface area contributed by atoms with Crippen LogP contribution in [-0.4, -0.2) is 47.5 Å². The Labute approximate surface area is 145 Å². The Morgan fingerprint density at radius 3 is 2.92 bits per heavy atom. The topological polar surface area (TPSA) is 70.2 Å². The normalized spacial score (nSPS) is 18.4. The summed E-state index contributed by atoms with van der Waals surface area (Å²) in [5.41, 5.74) is 4.18. The number of imidazole rings is 1. The Morgan fingerprint density at radius 1 is 1.28 bits per heavy atom. The lowest BCUT2D eigenvalue weighted by molar-refractivity contribution is -0.0208. The van der Waals surface area contributed by atoms with Gasteiger partial charge in [-0.25, -0.2) is 4.98 Å². The largest absolute Gasteiger partial charge is 0.371 e. The van der Waals surface area contributed by atoms with Crippen molar-refractivity contribution >= 4 is 22.6 Å². The molecular formula is C19H20N4O2. The second-order valence-electron chi connectivity index (χ2n) is 6.33. The van der Waals surface area contributed by atoms with Gasteiger partial charge in [0.15, 0.2) is 0 Å². The number of benzene rings is 2. The van der Waals surface area contributed by atoms with Crippen LogP contribution in [0.25, 0.3) is 11.0 Å². The van der Waals surface area contributed by atoms with Gasteiger partial charge in [0.25, 0.3) is 5.91 Å². The summed E-state index contributed by atoms with van der Waals surface area (Å²) in [5.74, 6) is -0.141. The molecule has 0 saturated carbocycles. The van der Waals surface area contributed by atoms with Gasteiger partial charge in [0.1, 0.15) is 0 Å². The van der Waals surface area contributed by atoms with Crippen LogP contribution in [0.15, 0.2) is 48.8 Å². The van der Waals surface area contributed by atoms with Crippen LogP contribution in [0.4, 0.5) is 5.69 Å². The molecule has 2 heterocycles. The van der Waals surface area contributed by atoms with Crippen LogP contribution in [0.2, 0.25) is 0 Å². The van der Waals surface area contributed by atoms with E-state index in [2.05, 4.69) is 27.2 Å². The third-order valence-electron chi connectivity index (χ3n) is 4.49. The zero-order valence-corrected chi connectivity index (χ0v) is 14.0. The summed E-state index contributed by atoms with van der Waals surface area (Å²) in [5, 5.41) is 2.93. The fourth-order valence-electron chi connectivity index (χ4n) is 3.04. The standard InChI is InChI=1S/C19H20N4O2/c1-23-8-9-25-18(11-23)13-2-5-15(6-3-13)22-19(24)14-4-7-16-17(10-14)21-12-20-16/h2-7,10,12,18H,8-9,11H2,1H3,(H,20,21)(H,22,24). The van der Waals surface area contributed by atoms with Crippen LogP contribution < -0.4 is 5.32 Å². The van der Waals surface area contributed by atoms with Gasteiger partial charge >= 0.3 is 0 Å². The number of carbonyl (C=O) groups excluding carboxylic acids is 1. The SMILES string of the molecule is CN1CCOC(c2ccc(NC(=O)c3ccc4nc[nH]c4c3)cc2)C1. The molecule has 4 rings (SSSR count). The van der Waals surface area contributed by atoms with Gasteiger partial charge in [0.05, 0.1) is 30.1 Å². The van der Waals surface area contributed by atoms with E-state index in [1.807, 2.05) is 30.3 Å². The highest BCUT2D eigenvalue weighted by Gasteiger charge is 2.19. The lowest BCUT2D eigenvalue weighted by Gasteiger charge is -2.30. The van der Waals surface area contributed by atoms with Crippen molar-refractivity contribution in [3.63, 3.8) is 0 Å². The van der Waals surface area contributed by atoms with Crippen LogP contribution in [0.5, 0.6) is 0 Å². The first-order valence-corrected chi connectivity index (χ1v) is 8.33. The number of morpholine rings is 1. The molecule has 1 amide bonds. The first-order valence-electron chi connectivity index (χ1n) is 8.33. The highest BCUT2D eigenvalue weighted by Crippen LogP contribution is 2.23. The quantitative estimate of drug-likeness (QED) is 0.772. The maximum atomic E-state index is 12.4. The number of likely N-dealkylation sites (N-methyl/N-ethyl adjacent to an activating group) is 1. The number of carbonyl (C=O) groups is 1. The number of nitrogens with zero attached hydrogens (tertiary/aromatic N) is 2. The lowest BCUT2D eigenvalue weighted by atomic mass is 10.1. The van der Waals surface area contributed by atoms with Crippen LogP contribution in [0, 0.1) is 0 Å². The van der Waals surface area contributed by atoms with E-state index in [9.17, 15) is 4.79 Å². The summed E-state index contributed by atoms with van der Waals surface area (Å²) >= 11 is 0. The number of nitrogens with one attached hydrogen (secondary N) is 2. The van der Waals surface area contributed by atoms with Gasteiger partial charge < -0.3 is 19.9 Å². The Morgan fingerprint density at radius 2 is 2.12 bits per heavy atom. The molecule has 1 atom stereocenters. The number of aromatic amines is 1. The van der Waals surface area contributed by atoms with Crippen molar-refractivity contribution in [1.29, 1.82) is 0 Å². The zero-order chi connectivity index (χ0) is 17.2. The van der Waals surface area contributed by atoms with Crippen LogP contribution in [0.3, 0.4) is 0 Å². The van der Waals surface area contributed by atoms with E-state index in [0.29, 0.717) is 5.56 Å². The monoisotopic (exact) mass is 336 g/mol. The van der Waals surface area contributed by atoms with Crippen LogP contribution >= 0.6 is 0 Å². The van der Waals surface area contributed by atoms with Gasteiger partial charge in [0.2, 0.25) is 0 Å². The summed E-state index contributed by atoms with van der Waals surface area (Å²) in [6, 6.07) is 13.3. The highest BCUT2D eigenvalue weighted by molar-refractivity contribution is 6.05. The fraction of sp³-hybridized carbons (Fsp3) is 0.263. The van der Waals surface area contributed by atoms with Gasteiger partial charge in [-0.3, -0.25) is 4.79 Å². The molecule has 0 bridgehead atoms. The molecule has 1 saturated heterocycles. The number of aromatic nitrogens is 2. The van der Waals surface area contributed by atoms with E-state index < -0.39 is 0 Å². The molecule has 0 aliphatic carbocycles. The molecule has 1 aliphatic rings. The molecule has 6 heteroatoms. The van der Waals surface area contributed by atoms with Gasteiger partial charge in [-0.2, -0.15) is 0 Å². The van der Waals surface area contributed by atoms with Crippen molar-refractivity contribution < 1.29 is 9.53 Å². The van der Waals surface area contributed by atoms with Gasteiger partial charge in [-0.05, 0) is 42.9 Å². The van der Waals surface area contributed by atoms with Crippen LogP contribution in [-0.2, 0) is 4.74 Å². The Kier molecular flexibility index (Phi) is 4.21. The molecule has 0 spiro atoms. The highest BCUT2D eigenvalue weighted by atomic mass is 16.5. The summed E-state index contributed by atoms with van der Waals surface area (Å²) < 4.78 is 5.82. The minimum absolute atomic E-state index is 0.0892. The third-order valence-corrected chi connectivity index (χ3v) is 4.49. The first-order chi connectivity index (χ1) is 12.2. The number of ether oxygens (including phenoxy) is 1. The number of fused-ring (bicyclic) bond motifs is 1. The van der Waals surface area contributed by atoms with E-state index in [1.54, 1.807) is 18.5 Å². The fourth-order valence-corrected chi connectivity index (χ4v) is 3.04. The second-order valence-corrected chi connectivity index (χ2v) is 6.33. The Balaban J connectivity index is 1.46. The zero-order valence-electron chi connectivity index (χ0n) is 14.0. The molecule has 2 aromatic carbocycles. The van der Waals surface area contributed by atoms with Crippen LogP contribution in [0.1, 0.15) is 22.0 Å². The minimum Gasteiger partial charge on any atom is -0.371 e. The number of anilines is 1. The predicted octanol–water partition coefficient (Wildman–Crippen LogP) is 2.82. The molecule has 1 fully saturated rings. The molecule has 6 nitrogen and oxygen atoms in total. The van der Waals surface area contributed by atoms with Crippen molar-refractivity contribution in [2.45, 2.75) is 6.10 Å². The van der Waals surface area contributed by atoms with E-state index in [1.165, 1.54) is 0 Å². The average molecular weight is 336 g/mol. The smallest absolute Gasteiger partial charge is 0.255 e. The molecule has 3 aromatic rings. The number of rotatable bonds is 3. The Hall–Kier alpha value is -2.70. The maximum absolute atomic E-state index is 12.4. The number of hydrogen-bond donors (Lipinski definition) is 2. The van der Waals surface area contributed by atoms with E-state index in [-0.39, 0.29) is 12.0 Å². The minimum atomic E-state index is -0.141. The second kappa shape index (κ2) is 6.66. The lowest BCUT2D eigenvalue weighted by Crippen LogP contribution is -2.35. The molecule has 128 valence electrons. The number of hydrogen-bond acceptors (Lipinski definition) is 4. The van der Waals surface area contributed by atoms with Crippen molar-refractivity contribution in [1.82, 2.24) is 14.9 Å². The van der Waals surface area contributed by atoms with E-state index in [4.69, 9.17) is 4.74 Å². The molecule has 0 radical (unpaired) electrons. The van der Waals surface area contributed by atoms with Crippen molar-refractivity contribution in [3.05, 3.63) is 59.9 Å². The van der Waals surface area contributed by atoms with E-state index >= 15 is 0 Å². The van der Waals surface area contributed by atoms with Crippen molar-refractivity contribution in [3.8, 4) is 0 Å². The first kappa shape index (κ1) is 15.8. The van der Waals surface area contributed by atoms with Gasteiger partial charge in [-0.1, -0.05) is 12.1 Å². The van der Waals surface area contributed by atoms with Gasteiger partial charge in [-0.15, -0.1) is 0 Å². The Bertz CT molecular complexity index is 888. The van der Waals surface area contributed by atoms with E-state index in [0.717, 1.165) is 42.0 Å². The third kappa shape index (κ3) is 3.40. The average Bonchev–Trinajstić information content (AvgIpc) is 3.10. The molecule has 25 heavy (non-hydrogen) atoms. The predicted molar refractivity (Wildman–Crippen MR) is 96.7 cm³/mol. The number of H-pyrrole nitrogens is 1. The summed E-state index contributed by atoms with van der Waals surface area (Å²) in [4.78, 5) is 21.9. The molecule has 1 aliphatic heterocycles. The molecule has 1 unspecified atom stereocenters. The summed E-state index contributed by atoms with van der Waals surface area (Å²) in [7, 11) is 2.10. The van der Waals surface area contributed by atoms with Crippen molar-refractivity contribution in [2.24, 2.45) is 0 Å².